The highest BCUT2D eigenvalue weighted by Gasteiger charge is 2.58. The minimum absolute atomic E-state index is 0.0238. The number of halogens is 2. The van der Waals surface area contributed by atoms with Crippen molar-refractivity contribution in [2.24, 2.45) is 16.3 Å². The third kappa shape index (κ3) is 4.18. The Hall–Kier alpha value is -1.89. The van der Waals surface area contributed by atoms with Gasteiger partial charge in [0, 0.05) is 43.1 Å². The van der Waals surface area contributed by atoms with Crippen LogP contribution >= 0.6 is 0 Å². The summed E-state index contributed by atoms with van der Waals surface area (Å²) >= 11 is 0. The first-order valence-electron chi connectivity index (χ1n) is 9.46. The average molecular weight is 381 g/mol. The van der Waals surface area contributed by atoms with Crippen LogP contribution in [0.1, 0.15) is 37.8 Å². The van der Waals surface area contributed by atoms with Crippen LogP contribution in [0.25, 0.3) is 0 Å². The number of fused-ring (bicyclic) bond motifs is 1. The number of aryl methyl sites for hydroxylation is 1. The predicted molar refractivity (Wildman–Crippen MR) is 101 cm³/mol. The Morgan fingerprint density at radius 3 is 2.89 bits per heavy atom. The Labute approximate surface area is 159 Å². The third-order valence-electron chi connectivity index (χ3n) is 5.73. The van der Waals surface area contributed by atoms with Crippen molar-refractivity contribution in [2.75, 3.05) is 13.7 Å². The largest absolute Gasteiger partial charge is 0.434 e. The first-order valence-corrected chi connectivity index (χ1v) is 9.46. The molecular formula is C20H29F2N3O2. The molecular weight excluding hydrogens is 352 g/mol. The molecule has 1 aromatic rings. The molecule has 1 aliphatic heterocycles. The Bertz CT molecular complexity index is 694. The molecule has 0 radical (unpaired) electrons. The molecule has 3 rings (SSSR count). The zero-order valence-corrected chi connectivity index (χ0v) is 16.4. The number of alkyl halides is 2. The summed E-state index contributed by atoms with van der Waals surface area (Å²) in [5.74, 6) is 1.31. The van der Waals surface area contributed by atoms with Gasteiger partial charge in [0.15, 0.2) is 5.96 Å². The molecule has 0 bridgehead atoms. The molecule has 1 aliphatic carbocycles. The van der Waals surface area contributed by atoms with E-state index in [9.17, 15) is 8.78 Å². The minimum atomic E-state index is -2.84. The lowest BCUT2D eigenvalue weighted by Crippen LogP contribution is -2.71. The molecule has 0 amide bonds. The van der Waals surface area contributed by atoms with Gasteiger partial charge in [-0.05, 0) is 25.8 Å². The second-order valence-corrected chi connectivity index (χ2v) is 7.96. The van der Waals surface area contributed by atoms with E-state index in [4.69, 9.17) is 4.74 Å². The van der Waals surface area contributed by atoms with E-state index in [0.29, 0.717) is 24.0 Å². The highest BCUT2D eigenvalue weighted by atomic mass is 19.3. The highest BCUT2D eigenvalue weighted by molar-refractivity contribution is 5.80. The summed E-state index contributed by atoms with van der Waals surface area (Å²) in [6, 6.07) is 5.45. The molecule has 7 heteroatoms. The molecule has 3 atom stereocenters. The molecule has 5 nitrogen and oxygen atoms in total. The Morgan fingerprint density at radius 1 is 1.41 bits per heavy atom. The smallest absolute Gasteiger partial charge is 0.387 e. The number of nitrogens with zero attached hydrogens (tertiary/aromatic N) is 1. The van der Waals surface area contributed by atoms with Crippen molar-refractivity contribution in [3.8, 4) is 5.75 Å². The summed E-state index contributed by atoms with van der Waals surface area (Å²) in [4.78, 5) is 4.31. The van der Waals surface area contributed by atoms with Crippen molar-refractivity contribution in [3.63, 3.8) is 0 Å². The van der Waals surface area contributed by atoms with Gasteiger partial charge in [-0.25, -0.2) is 0 Å². The summed E-state index contributed by atoms with van der Waals surface area (Å²) < 4.78 is 35.9. The van der Waals surface area contributed by atoms with E-state index in [-0.39, 0.29) is 23.3 Å². The van der Waals surface area contributed by atoms with Gasteiger partial charge < -0.3 is 20.1 Å². The Morgan fingerprint density at radius 2 is 2.19 bits per heavy atom. The number of ether oxygens (including phenoxy) is 2. The van der Waals surface area contributed by atoms with E-state index in [0.717, 1.165) is 25.0 Å². The van der Waals surface area contributed by atoms with Gasteiger partial charge in [-0.3, -0.25) is 4.99 Å². The van der Waals surface area contributed by atoms with Gasteiger partial charge in [0.2, 0.25) is 0 Å². The van der Waals surface area contributed by atoms with Crippen molar-refractivity contribution in [3.05, 3.63) is 29.3 Å². The van der Waals surface area contributed by atoms with Crippen LogP contribution in [-0.2, 0) is 11.3 Å². The molecule has 1 aromatic carbocycles. The summed E-state index contributed by atoms with van der Waals surface area (Å²) in [7, 11) is 1.71. The number of benzene rings is 1. The van der Waals surface area contributed by atoms with E-state index in [2.05, 4.69) is 34.2 Å². The van der Waals surface area contributed by atoms with Crippen LogP contribution in [0.5, 0.6) is 5.75 Å². The third-order valence-corrected chi connectivity index (χ3v) is 5.73. The normalized spacial score (nSPS) is 26.9. The molecule has 0 spiro atoms. The lowest BCUT2D eigenvalue weighted by molar-refractivity contribution is -0.188. The first kappa shape index (κ1) is 19.9. The number of nitrogens with one attached hydrogen (secondary N) is 2. The summed E-state index contributed by atoms with van der Waals surface area (Å²) in [6.45, 7) is 4.68. The van der Waals surface area contributed by atoms with Gasteiger partial charge in [-0.15, -0.1) is 0 Å². The maximum Gasteiger partial charge on any atom is 0.387 e. The van der Waals surface area contributed by atoms with Crippen LogP contribution in [0.4, 0.5) is 8.78 Å². The highest BCUT2D eigenvalue weighted by Crippen LogP contribution is 2.51. The second kappa shape index (κ2) is 8.00. The van der Waals surface area contributed by atoms with Crippen LogP contribution in [0.3, 0.4) is 0 Å². The van der Waals surface area contributed by atoms with Gasteiger partial charge >= 0.3 is 6.61 Å². The molecule has 27 heavy (non-hydrogen) atoms. The molecule has 0 aromatic heterocycles. The van der Waals surface area contributed by atoms with Crippen molar-refractivity contribution < 1.29 is 18.3 Å². The van der Waals surface area contributed by atoms with Crippen molar-refractivity contribution >= 4 is 5.96 Å². The molecule has 2 N–H and O–H groups in total. The van der Waals surface area contributed by atoms with Gasteiger partial charge in [-0.2, -0.15) is 8.78 Å². The van der Waals surface area contributed by atoms with E-state index < -0.39 is 6.61 Å². The standard InChI is InChI=1S/C20H29F2N3O2/c1-12-7-8-15(27-18(21)22)13(10-12)11-24-19(23-4)25-16-14-6-5-9-26-17(14)20(16,2)3/h7-8,10,14,16-18H,5-6,9,11H2,1-4H3,(H2,23,24,25). The molecule has 1 heterocycles. The monoisotopic (exact) mass is 381 g/mol. The molecule has 2 aliphatic rings. The minimum Gasteiger partial charge on any atom is -0.434 e. The number of rotatable bonds is 5. The van der Waals surface area contributed by atoms with Crippen LogP contribution in [0.15, 0.2) is 23.2 Å². The SMILES string of the molecule is CN=C(NCc1cc(C)ccc1OC(F)F)NC1C2CCCOC2C1(C)C. The fourth-order valence-electron chi connectivity index (χ4n) is 4.39. The average Bonchev–Trinajstić information content (AvgIpc) is 2.63. The number of hydrogen-bond donors (Lipinski definition) is 2. The zero-order chi connectivity index (χ0) is 19.6. The van der Waals surface area contributed by atoms with Gasteiger partial charge in [0.25, 0.3) is 0 Å². The summed E-state index contributed by atoms with van der Waals surface area (Å²) in [5, 5.41) is 6.74. The zero-order valence-electron chi connectivity index (χ0n) is 16.4. The summed E-state index contributed by atoms with van der Waals surface area (Å²) in [6.07, 6.45) is 2.51. The van der Waals surface area contributed by atoms with Gasteiger partial charge in [0.1, 0.15) is 5.75 Å². The quantitative estimate of drug-likeness (QED) is 0.606. The van der Waals surface area contributed by atoms with Crippen LogP contribution in [0, 0.1) is 18.3 Å². The van der Waals surface area contributed by atoms with E-state index in [1.807, 2.05) is 13.0 Å². The Balaban J connectivity index is 1.64. The number of aliphatic imine (C=N–C) groups is 1. The molecule has 150 valence electrons. The summed E-state index contributed by atoms with van der Waals surface area (Å²) in [5.41, 5.74) is 1.68. The number of hydrogen-bond acceptors (Lipinski definition) is 3. The van der Waals surface area contributed by atoms with Crippen molar-refractivity contribution in [2.45, 2.75) is 58.9 Å². The second-order valence-electron chi connectivity index (χ2n) is 7.96. The molecule has 1 saturated carbocycles. The van der Waals surface area contributed by atoms with Gasteiger partial charge in [-0.1, -0.05) is 31.5 Å². The topological polar surface area (TPSA) is 54.9 Å². The van der Waals surface area contributed by atoms with E-state index in [1.54, 1.807) is 19.2 Å². The van der Waals surface area contributed by atoms with E-state index in [1.165, 1.54) is 0 Å². The molecule has 2 fully saturated rings. The maximum absolute atomic E-state index is 12.6. The van der Waals surface area contributed by atoms with Crippen molar-refractivity contribution in [1.82, 2.24) is 10.6 Å². The maximum atomic E-state index is 12.6. The fourth-order valence-corrected chi connectivity index (χ4v) is 4.39. The lowest BCUT2D eigenvalue weighted by Gasteiger charge is -2.60. The number of guanidine groups is 1. The lowest BCUT2D eigenvalue weighted by atomic mass is 9.55. The van der Waals surface area contributed by atoms with Crippen LogP contribution in [0.2, 0.25) is 0 Å². The molecule has 1 saturated heterocycles. The van der Waals surface area contributed by atoms with Gasteiger partial charge in [0.05, 0.1) is 6.10 Å². The predicted octanol–water partition coefficient (Wildman–Crippen LogP) is 3.47. The first-order chi connectivity index (χ1) is 12.8. The van der Waals surface area contributed by atoms with Crippen LogP contribution < -0.4 is 15.4 Å². The Kier molecular flexibility index (Phi) is 5.89. The van der Waals surface area contributed by atoms with Crippen molar-refractivity contribution in [1.29, 1.82) is 0 Å². The van der Waals surface area contributed by atoms with E-state index >= 15 is 0 Å². The molecule has 3 unspecified atom stereocenters. The van der Waals surface area contributed by atoms with Crippen LogP contribution in [-0.4, -0.2) is 38.4 Å². The fraction of sp³-hybridized carbons (Fsp3) is 0.650.